The zero-order valence-electron chi connectivity index (χ0n) is 9.37. The lowest BCUT2D eigenvalue weighted by Gasteiger charge is -2.35. The second-order valence-corrected chi connectivity index (χ2v) is 3.56. The van der Waals surface area contributed by atoms with Gasteiger partial charge in [0.15, 0.2) is 0 Å². The average Bonchev–Trinajstić information content (AvgIpc) is 2.23. The molecule has 0 fully saturated rings. The summed E-state index contributed by atoms with van der Waals surface area (Å²) in [7, 11) is 0. The minimum absolute atomic E-state index is 0.0755. The molecule has 16 heavy (non-hydrogen) atoms. The van der Waals surface area contributed by atoms with E-state index in [2.05, 4.69) is 6.58 Å². The van der Waals surface area contributed by atoms with Crippen LogP contribution >= 0.6 is 0 Å². The normalized spacial score (nSPS) is 13.9. The number of carboxylic acids is 2. The van der Waals surface area contributed by atoms with Crippen LogP contribution in [-0.4, -0.2) is 17.7 Å². The van der Waals surface area contributed by atoms with Crippen LogP contribution in [0.1, 0.15) is 33.1 Å². The van der Waals surface area contributed by atoms with Crippen LogP contribution in [0, 0.1) is 5.41 Å². The smallest absolute Gasteiger partial charge is 0.133 e. The van der Waals surface area contributed by atoms with E-state index >= 15 is 0 Å². The Kier molecular flexibility index (Phi) is 4.88. The van der Waals surface area contributed by atoms with Crippen molar-refractivity contribution in [3.8, 4) is 0 Å². The van der Waals surface area contributed by atoms with E-state index in [1.54, 1.807) is 6.92 Å². The van der Waals surface area contributed by atoms with E-state index < -0.39 is 29.3 Å². The van der Waals surface area contributed by atoms with Crippen molar-refractivity contribution in [1.82, 2.24) is 0 Å². The topological polar surface area (TPSA) is 97.3 Å². The van der Waals surface area contributed by atoms with Gasteiger partial charge < -0.3 is 19.8 Å². The fourth-order valence-corrected chi connectivity index (χ4v) is 1.44. The standard InChI is InChI=1S/C11H16O5/c1-4-8(12)6-11(5-2,10(15)16)7(3)9(13)14/h3-6H2,1-2H3,(H,13,14)(H,15,16)/p-2. The Morgan fingerprint density at radius 2 is 1.69 bits per heavy atom. The van der Waals surface area contributed by atoms with Crippen LogP contribution in [-0.2, 0) is 14.4 Å². The lowest BCUT2D eigenvalue weighted by molar-refractivity contribution is -0.322. The predicted molar refractivity (Wildman–Crippen MR) is 51.8 cm³/mol. The number of hydrogen-bond acceptors (Lipinski definition) is 5. The first-order valence-corrected chi connectivity index (χ1v) is 4.95. The van der Waals surface area contributed by atoms with E-state index in [0.29, 0.717) is 0 Å². The highest BCUT2D eigenvalue weighted by Gasteiger charge is 2.35. The van der Waals surface area contributed by atoms with Crippen LogP contribution in [0.15, 0.2) is 12.2 Å². The Bertz CT molecular complexity index is 331. The number of rotatable bonds is 7. The van der Waals surface area contributed by atoms with Crippen molar-refractivity contribution in [1.29, 1.82) is 0 Å². The number of carboxylic acid groups (broad SMARTS) is 2. The summed E-state index contributed by atoms with van der Waals surface area (Å²) in [5.74, 6) is -3.63. The molecule has 0 saturated carbocycles. The Morgan fingerprint density at radius 3 is 1.94 bits per heavy atom. The third-order valence-electron chi connectivity index (χ3n) is 2.71. The maximum atomic E-state index is 11.3. The van der Waals surface area contributed by atoms with E-state index in [0.717, 1.165) is 0 Å². The van der Waals surface area contributed by atoms with E-state index in [4.69, 9.17) is 0 Å². The summed E-state index contributed by atoms with van der Waals surface area (Å²) in [5, 5.41) is 21.7. The van der Waals surface area contributed by atoms with Crippen molar-refractivity contribution in [2.24, 2.45) is 5.41 Å². The highest BCUT2D eigenvalue weighted by atomic mass is 16.4. The van der Waals surface area contributed by atoms with Gasteiger partial charge in [0.1, 0.15) is 5.78 Å². The molecule has 90 valence electrons. The molecular weight excluding hydrogens is 212 g/mol. The predicted octanol–water partition coefficient (Wildman–Crippen LogP) is -1.19. The summed E-state index contributed by atoms with van der Waals surface area (Å²) >= 11 is 0. The van der Waals surface area contributed by atoms with Gasteiger partial charge in [-0.05, 0) is 12.0 Å². The van der Waals surface area contributed by atoms with Gasteiger partial charge >= 0.3 is 0 Å². The van der Waals surface area contributed by atoms with Crippen LogP contribution in [0.5, 0.6) is 0 Å². The molecule has 1 unspecified atom stereocenters. The summed E-state index contributed by atoms with van der Waals surface area (Å²) in [6, 6.07) is 0. The fraction of sp³-hybridized carbons (Fsp3) is 0.545. The molecule has 0 amide bonds. The molecule has 0 saturated heterocycles. The van der Waals surface area contributed by atoms with E-state index in [1.165, 1.54) is 6.92 Å². The molecule has 0 aliphatic heterocycles. The first-order chi connectivity index (χ1) is 7.31. The van der Waals surface area contributed by atoms with Crippen molar-refractivity contribution in [2.75, 3.05) is 0 Å². The van der Waals surface area contributed by atoms with E-state index in [-0.39, 0.29) is 18.6 Å². The highest BCUT2D eigenvalue weighted by molar-refractivity contribution is 5.97. The minimum atomic E-state index is -1.86. The number of hydrogen-bond donors (Lipinski definition) is 0. The summed E-state index contributed by atoms with van der Waals surface area (Å²) < 4.78 is 0. The Balaban J connectivity index is 5.32. The zero-order valence-corrected chi connectivity index (χ0v) is 9.37. The lowest BCUT2D eigenvalue weighted by atomic mass is 9.74. The molecule has 1 atom stereocenters. The van der Waals surface area contributed by atoms with Crippen molar-refractivity contribution >= 4 is 17.7 Å². The number of ketones is 1. The average molecular weight is 226 g/mol. The number of carbonyl (C=O) groups is 3. The number of aliphatic carboxylic acids is 2. The van der Waals surface area contributed by atoms with Gasteiger partial charge in [-0.1, -0.05) is 20.4 Å². The third kappa shape index (κ3) is 2.68. The monoisotopic (exact) mass is 226 g/mol. The summed E-state index contributed by atoms with van der Waals surface area (Å²) in [5.41, 5.74) is -2.47. The molecule has 0 aromatic carbocycles. The third-order valence-corrected chi connectivity index (χ3v) is 2.71. The molecule has 0 spiro atoms. The van der Waals surface area contributed by atoms with Gasteiger partial charge in [0.25, 0.3) is 0 Å². The zero-order chi connectivity index (χ0) is 12.9. The molecule has 5 heteroatoms. The summed E-state index contributed by atoms with van der Waals surface area (Å²) in [6.45, 7) is 6.21. The van der Waals surface area contributed by atoms with Crippen molar-refractivity contribution in [3.05, 3.63) is 12.2 Å². The Morgan fingerprint density at radius 1 is 1.19 bits per heavy atom. The number of carbonyl (C=O) groups excluding carboxylic acids is 3. The van der Waals surface area contributed by atoms with Crippen molar-refractivity contribution in [3.63, 3.8) is 0 Å². The molecule has 0 aliphatic rings. The first kappa shape index (κ1) is 14.3. The van der Waals surface area contributed by atoms with Crippen LogP contribution in [0.4, 0.5) is 0 Å². The molecule has 0 aromatic heterocycles. The summed E-state index contributed by atoms with van der Waals surface area (Å²) in [6.07, 6.45) is -0.363. The molecular formula is C11H14O5-2. The molecule has 0 aliphatic carbocycles. The Hall–Kier alpha value is -1.65. The molecule has 0 rings (SSSR count). The fourth-order valence-electron chi connectivity index (χ4n) is 1.44. The van der Waals surface area contributed by atoms with E-state index in [9.17, 15) is 24.6 Å². The SMILES string of the molecule is C=C(C(=O)[O-])C(CC)(CC(=O)CC)C(=O)[O-]. The number of Topliss-reactive ketones (excluding diaryl/α,β-unsaturated/α-hetero) is 1. The molecule has 0 N–H and O–H groups in total. The molecule has 5 nitrogen and oxygen atoms in total. The minimum Gasteiger partial charge on any atom is -0.549 e. The van der Waals surface area contributed by atoms with Gasteiger partial charge in [-0.15, -0.1) is 0 Å². The quantitative estimate of drug-likeness (QED) is 0.508. The van der Waals surface area contributed by atoms with Crippen molar-refractivity contribution in [2.45, 2.75) is 33.1 Å². The van der Waals surface area contributed by atoms with Crippen LogP contribution < -0.4 is 10.2 Å². The molecule has 0 bridgehead atoms. The lowest BCUT2D eigenvalue weighted by Crippen LogP contribution is -2.48. The van der Waals surface area contributed by atoms with Gasteiger partial charge in [-0.2, -0.15) is 0 Å². The van der Waals surface area contributed by atoms with Crippen molar-refractivity contribution < 1.29 is 24.6 Å². The highest BCUT2D eigenvalue weighted by Crippen LogP contribution is 2.34. The second-order valence-electron chi connectivity index (χ2n) is 3.56. The van der Waals surface area contributed by atoms with Gasteiger partial charge in [-0.3, -0.25) is 4.79 Å². The largest absolute Gasteiger partial charge is 0.549 e. The maximum absolute atomic E-state index is 11.3. The molecule has 0 aromatic rings. The summed E-state index contributed by atoms with van der Waals surface area (Å²) in [4.78, 5) is 33.0. The first-order valence-electron chi connectivity index (χ1n) is 4.95. The van der Waals surface area contributed by atoms with Crippen LogP contribution in [0.2, 0.25) is 0 Å². The molecule has 0 heterocycles. The van der Waals surface area contributed by atoms with E-state index in [1.807, 2.05) is 0 Å². The Labute approximate surface area is 93.8 Å². The van der Waals surface area contributed by atoms with Gasteiger partial charge in [-0.25, -0.2) is 0 Å². The molecule has 0 radical (unpaired) electrons. The van der Waals surface area contributed by atoms with Crippen LogP contribution in [0.25, 0.3) is 0 Å². The van der Waals surface area contributed by atoms with Gasteiger partial charge in [0, 0.05) is 18.3 Å². The van der Waals surface area contributed by atoms with Gasteiger partial charge in [0.05, 0.1) is 11.9 Å². The van der Waals surface area contributed by atoms with Crippen LogP contribution in [0.3, 0.4) is 0 Å². The second kappa shape index (κ2) is 5.44. The van der Waals surface area contributed by atoms with Gasteiger partial charge in [0.2, 0.25) is 0 Å². The maximum Gasteiger partial charge on any atom is 0.133 e.